The fraction of sp³-hybridized carbons (Fsp3) is 0.588. The molecule has 0 saturated carbocycles. The van der Waals surface area contributed by atoms with Crippen LogP contribution < -0.4 is 9.62 Å². The van der Waals surface area contributed by atoms with Crippen LogP contribution in [0.25, 0.3) is 0 Å². The van der Waals surface area contributed by atoms with Crippen molar-refractivity contribution in [3.05, 3.63) is 29.3 Å². The molecule has 2 heterocycles. The van der Waals surface area contributed by atoms with Gasteiger partial charge >= 0.3 is 0 Å². The number of nitrogens with one attached hydrogen (secondary N) is 1. The largest absolute Gasteiger partial charge is 0.376 e. The van der Waals surface area contributed by atoms with Gasteiger partial charge in [-0.05, 0) is 50.3 Å². The van der Waals surface area contributed by atoms with Crippen LogP contribution in [0.1, 0.15) is 41.6 Å². The fourth-order valence-electron chi connectivity index (χ4n) is 3.19. The first-order chi connectivity index (χ1) is 11.5. The maximum Gasteiger partial charge on any atom is 0.251 e. The summed E-state index contributed by atoms with van der Waals surface area (Å²) in [6, 6.07) is 5.23. The maximum atomic E-state index is 12.4. The van der Waals surface area contributed by atoms with Crippen molar-refractivity contribution in [1.29, 1.82) is 0 Å². The van der Waals surface area contributed by atoms with E-state index in [4.69, 9.17) is 4.74 Å². The molecule has 1 N–H and O–H groups in total. The Morgan fingerprint density at radius 2 is 2.17 bits per heavy atom. The van der Waals surface area contributed by atoms with Crippen LogP contribution in [0.15, 0.2) is 18.2 Å². The summed E-state index contributed by atoms with van der Waals surface area (Å²) in [5.41, 5.74) is 1.95. The van der Waals surface area contributed by atoms with Crippen LogP contribution in [0.3, 0.4) is 0 Å². The third-order valence-electron chi connectivity index (χ3n) is 4.60. The van der Waals surface area contributed by atoms with E-state index in [1.807, 2.05) is 6.92 Å². The quantitative estimate of drug-likeness (QED) is 0.897. The minimum absolute atomic E-state index is 0.0846. The topological polar surface area (TPSA) is 75.7 Å². The molecule has 0 aliphatic carbocycles. The van der Waals surface area contributed by atoms with Gasteiger partial charge in [0.15, 0.2) is 0 Å². The number of carbonyl (C=O) groups excluding carboxylic acids is 1. The van der Waals surface area contributed by atoms with Gasteiger partial charge in [0.2, 0.25) is 10.0 Å². The van der Waals surface area contributed by atoms with Gasteiger partial charge in [0.1, 0.15) is 0 Å². The van der Waals surface area contributed by atoms with Crippen molar-refractivity contribution in [3.8, 4) is 0 Å². The Kier molecular flexibility index (Phi) is 5.10. The number of anilines is 1. The van der Waals surface area contributed by atoms with Gasteiger partial charge in [-0.3, -0.25) is 9.10 Å². The summed E-state index contributed by atoms with van der Waals surface area (Å²) in [7, 11) is -3.29. The molecule has 6 nitrogen and oxygen atoms in total. The van der Waals surface area contributed by atoms with Crippen molar-refractivity contribution < 1.29 is 17.9 Å². The smallest absolute Gasteiger partial charge is 0.251 e. The number of hydrogen-bond acceptors (Lipinski definition) is 4. The van der Waals surface area contributed by atoms with E-state index in [-0.39, 0.29) is 17.8 Å². The Labute approximate surface area is 143 Å². The Hall–Kier alpha value is -1.60. The van der Waals surface area contributed by atoms with Crippen LogP contribution in [-0.4, -0.2) is 45.9 Å². The predicted octanol–water partition coefficient (Wildman–Crippen LogP) is 1.83. The van der Waals surface area contributed by atoms with Gasteiger partial charge in [-0.15, -0.1) is 0 Å². The number of carbonyl (C=O) groups is 1. The third-order valence-corrected chi connectivity index (χ3v) is 6.46. The lowest BCUT2D eigenvalue weighted by Crippen LogP contribution is -2.38. The number of hydrogen-bond donors (Lipinski definition) is 1. The zero-order valence-electron chi connectivity index (χ0n) is 14.0. The summed E-state index contributed by atoms with van der Waals surface area (Å²) in [4.78, 5) is 12.4. The molecule has 0 bridgehead atoms. The number of amides is 1. The minimum Gasteiger partial charge on any atom is -0.376 e. The Morgan fingerprint density at radius 3 is 2.88 bits per heavy atom. The summed E-state index contributed by atoms with van der Waals surface area (Å²) in [6.45, 7) is 3.59. The second-order valence-corrected chi connectivity index (χ2v) is 8.45. The highest BCUT2D eigenvalue weighted by atomic mass is 32.2. The number of aryl methyl sites for hydroxylation is 1. The average Bonchev–Trinajstić information content (AvgIpc) is 3.06. The van der Waals surface area contributed by atoms with E-state index in [1.165, 1.54) is 4.31 Å². The molecule has 0 spiro atoms. The van der Waals surface area contributed by atoms with Gasteiger partial charge in [0.05, 0.1) is 17.5 Å². The molecule has 3 rings (SSSR count). The lowest BCUT2D eigenvalue weighted by atomic mass is 10.1. The number of sulfonamides is 1. The highest BCUT2D eigenvalue weighted by molar-refractivity contribution is 7.92. The Morgan fingerprint density at radius 1 is 1.33 bits per heavy atom. The normalized spacial score (nSPS) is 23.2. The van der Waals surface area contributed by atoms with Gasteiger partial charge in [-0.2, -0.15) is 0 Å². The summed E-state index contributed by atoms with van der Waals surface area (Å²) in [5.74, 6) is -0.0248. The third kappa shape index (κ3) is 3.72. The second kappa shape index (κ2) is 7.11. The monoisotopic (exact) mass is 352 g/mol. The van der Waals surface area contributed by atoms with E-state index in [1.54, 1.807) is 18.2 Å². The number of benzene rings is 1. The van der Waals surface area contributed by atoms with Gasteiger partial charge < -0.3 is 10.1 Å². The molecule has 1 aromatic carbocycles. The Bertz CT molecular complexity index is 711. The molecular formula is C17H24N2O4S. The molecular weight excluding hydrogens is 328 g/mol. The first-order valence-electron chi connectivity index (χ1n) is 8.48. The lowest BCUT2D eigenvalue weighted by molar-refractivity contribution is 0.0858. The van der Waals surface area contributed by atoms with Crippen molar-refractivity contribution >= 4 is 21.6 Å². The first kappa shape index (κ1) is 17.2. The maximum absolute atomic E-state index is 12.4. The van der Waals surface area contributed by atoms with E-state index in [2.05, 4.69) is 5.32 Å². The fourth-order valence-corrected chi connectivity index (χ4v) is 4.89. The van der Waals surface area contributed by atoms with Gasteiger partial charge in [0, 0.05) is 25.3 Å². The van der Waals surface area contributed by atoms with E-state index in [9.17, 15) is 13.2 Å². The molecule has 1 amide bonds. The molecule has 1 atom stereocenters. The summed E-state index contributed by atoms with van der Waals surface area (Å²) in [5, 5.41) is 2.88. The zero-order chi connectivity index (χ0) is 17.2. The van der Waals surface area contributed by atoms with E-state index >= 15 is 0 Å². The number of rotatable bonds is 4. The minimum atomic E-state index is -3.29. The van der Waals surface area contributed by atoms with Crippen LogP contribution >= 0.6 is 0 Å². The standard InChI is InChI=1S/C17H24N2O4S/c1-13-6-7-14(17(20)18-12-15-5-4-9-23-15)11-16(13)19-8-2-3-10-24(19,21)22/h6-7,11,15H,2-5,8-10,12H2,1H3,(H,18,20)/t15-/m1/s1. The highest BCUT2D eigenvalue weighted by Gasteiger charge is 2.27. The molecule has 2 saturated heterocycles. The van der Waals surface area contributed by atoms with Crippen LogP contribution in [0.4, 0.5) is 5.69 Å². The average molecular weight is 352 g/mol. The van der Waals surface area contributed by atoms with Gasteiger partial charge in [-0.1, -0.05) is 6.07 Å². The molecule has 2 aliphatic heterocycles. The predicted molar refractivity (Wildman–Crippen MR) is 92.9 cm³/mol. The number of ether oxygens (including phenoxy) is 1. The zero-order valence-corrected chi connectivity index (χ0v) is 14.8. The lowest BCUT2D eigenvalue weighted by Gasteiger charge is -2.29. The SMILES string of the molecule is Cc1ccc(C(=O)NC[C@H]2CCCO2)cc1N1CCCCS1(=O)=O. The number of nitrogens with zero attached hydrogens (tertiary/aromatic N) is 1. The first-order valence-corrected chi connectivity index (χ1v) is 10.1. The van der Waals surface area contributed by atoms with E-state index in [0.29, 0.717) is 30.8 Å². The Balaban J connectivity index is 1.76. The van der Waals surface area contributed by atoms with E-state index in [0.717, 1.165) is 31.4 Å². The molecule has 0 radical (unpaired) electrons. The molecule has 2 fully saturated rings. The van der Waals surface area contributed by atoms with Crippen LogP contribution in [0.5, 0.6) is 0 Å². The van der Waals surface area contributed by atoms with Crippen molar-refractivity contribution in [2.75, 3.05) is 29.8 Å². The van der Waals surface area contributed by atoms with Crippen LogP contribution in [0.2, 0.25) is 0 Å². The molecule has 0 aromatic heterocycles. The van der Waals surface area contributed by atoms with Crippen molar-refractivity contribution in [1.82, 2.24) is 5.32 Å². The molecule has 0 unspecified atom stereocenters. The summed E-state index contributed by atoms with van der Waals surface area (Å²) < 4.78 is 31.6. The molecule has 24 heavy (non-hydrogen) atoms. The van der Waals surface area contributed by atoms with Crippen LogP contribution in [-0.2, 0) is 14.8 Å². The molecule has 1 aromatic rings. The van der Waals surface area contributed by atoms with E-state index < -0.39 is 10.0 Å². The molecule has 2 aliphatic rings. The summed E-state index contributed by atoms with van der Waals surface area (Å²) >= 11 is 0. The van der Waals surface area contributed by atoms with Crippen molar-refractivity contribution in [2.45, 2.75) is 38.7 Å². The van der Waals surface area contributed by atoms with Crippen molar-refractivity contribution in [3.63, 3.8) is 0 Å². The van der Waals surface area contributed by atoms with Gasteiger partial charge in [-0.25, -0.2) is 8.42 Å². The molecule has 132 valence electrons. The highest BCUT2D eigenvalue weighted by Crippen LogP contribution is 2.28. The second-order valence-electron chi connectivity index (χ2n) is 6.44. The van der Waals surface area contributed by atoms with Crippen molar-refractivity contribution in [2.24, 2.45) is 0 Å². The molecule has 7 heteroatoms. The van der Waals surface area contributed by atoms with Crippen LogP contribution in [0, 0.1) is 6.92 Å². The van der Waals surface area contributed by atoms with Gasteiger partial charge in [0.25, 0.3) is 5.91 Å². The summed E-state index contributed by atoms with van der Waals surface area (Å²) in [6.07, 6.45) is 3.61.